The van der Waals surface area contributed by atoms with Crippen LogP contribution in [0.1, 0.15) is 0 Å². The van der Waals surface area contributed by atoms with Crippen LogP contribution in [0.2, 0.25) is 0 Å². The molecule has 0 unspecified atom stereocenters. The summed E-state index contributed by atoms with van der Waals surface area (Å²) in [6.07, 6.45) is 0. The Morgan fingerprint density at radius 1 is 0.613 bits per heavy atom. The first-order chi connectivity index (χ1) is 15.1. The van der Waals surface area contributed by atoms with Crippen LogP contribution in [0.25, 0.3) is 21.5 Å². The van der Waals surface area contributed by atoms with Gasteiger partial charge in [-0.1, -0.05) is 70.5 Å². The Hall–Kier alpha value is -3.70. The number of nitro groups is 1. The number of para-hydroxylation sites is 1. The van der Waals surface area contributed by atoms with Crippen LogP contribution in [-0.2, 0) is 0 Å². The van der Waals surface area contributed by atoms with Gasteiger partial charge in [0.05, 0.1) is 10.6 Å². The zero-order chi connectivity index (χ0) is 21.4. The summed E-state index contributed by atoms with van der Waals surface area (Å²) < 4.78 is 1.06. The van der Waals surface area contributed by atoms with Crippen LogP contribution in [0.3, 0.4) is 0 Å². The van der Waals surface area contributed by atoms with Crippen molar-refractivity contribution in [3.63, 3.8) is 0 Å². The van der Waals surface area contributed by atoms with E-state index in [0.717, 1.165) is 37.7 Å². The van der Waals surface area contributed by atoms with E-state index in [1.54, 1.807) is 24.3 Å². The molecular formula is C26H17BrN2O2. The minimum atomic E-state index is -0.376. The van der Waals surface area contributed by atoms with Crippen molar-refractivity contribution in [2.75, 3.05) is 4.90 Å². The zero-order valence-corrected chi connectivity index (χ0v) is 18.0. The quantitative estimate of drug-likeness (QED) is 0.152. The van der Waals surface area contributed by atoms with Gasteiger partial charge in [-0.3, -0.25) is 10.1 Å². The molecule has 150 valence electrons. The molecule has 0 bridgehead atoms. The average molecular weight is 469 g/mol. The van der Waals surface area contributed by atoms with Gasteiger partial charge in [0.2, 0.25) is 0 Å². The number of rotatable bonds is 4. The topological polar surface area (TPSA) is 46.4 Å². The van der Waals surface area contributed by atoms with Crippen molar-refractivity contribution >= 4 is 60.2 Å². The fraction of sp³-hybridized carbons (Fsp3) is 0. The first kappa shape index (κ1) is 19.3. The Labute approximate surface area is 187 Å². The largest absolute Gasteiger partial charge is 0.310 e. The molecule has 4 nitrogen and oxygen atoms in total. The predicted octanol–water partition coefficient (Wildman–Crippen LogP) is 8.13. The van der Waals surface area contributed by atoms with Crippen LogP contribution < -0.4 is 4.90 Å². The lowest BCUT2D eigenvalue weighted by Gasteiger charge is -2.27. The predicted molar refractivity (Wildman–Crippen MR) is 130 cm³/mol. The van der Waals surface area contributed by atoms with Gasteiger partial charge in [0.1, 0.15) is 0 Å². The third-order valence-electron chi connectivity index (χ3n) is 5.42. The van der Waals surface area contributed by atoms with E-state index in [-0.39, 0.29) is 10.6 Å². The highest BCUT2D eigenvalue weighted by atomic mass is 79.9. The first-order valence-corrected chi connectivity index (χ1v) is 10.6. The highest BCUT2D eigenvalue weighted by molar-refractivity contribution is 9.10. The van der Waals surface area contributed by atoms with Gasteiger partial charge in [0.15, 0.2) is 0 Å². The van der Waals surface area contributed by atoms with E-state index in [0.29, 0.717) is 0 Å². The highest BCUT2D eigenvalue weighted by Gasteiger charge is 2.17. The third-order valence-corrected chi connectivity index (χ3v) is 6.11. The van der Waals surface area contributed by atoms with E-state index >= 15 is 0 Å². The number of non-ortho nitro benzene ring substituents is 1. The van der Waals surface area contributed by atoms with E-state index in [1.165, 1.54) is 5.39 Å². The molecule has 0 N–H and O–H groups in total. The lowest BCUT2D eigenvalue weighted by atomic mass is 10.00. The Morgan fingerprint density at radius 2 is 1.23 bits per heavy atom. The Balaban J connectivity index is 1.77. The fourth-order valence-electron chi connectivity index (χ4n) is 3.99. The summed E-state index contributed by atoms with van der Waals surface area (Å²) in [4.78, 5) is 12.9. The SMILES string of the molecule is O=[N+]([O-])c1ccc(N(c2ccccc2)c2cccc3c2ccc2c(Br)cccc23)cc1. The molecule has 0 heterocycles. The molecule has 0 radical (unpaired) electrons. The number of nitrogens with zero attached hydrogens (tertiary/aromatic N) is 2. The molecule has 0 aliphatic rings. The monoisotopic (exact) mass is 468 g/mol. The summed E-state index contributed by atoms with van der Waals surface area (Å²) in [7, 11) is 0. The van der Waals surface area contributed by atoms with Crippen molar-refractivity contribution in [1.82, 2.24) is 0 Å². The second-order valence-corrected chi connectivity index (χ2v) is 8.07. The molecule has 5 heteroatoms. The average Bonchev–Trinajstić information content (AvgIpc) is 2.80. The molecular weight excluding hydrogens is 452 g/mol. The van der Waals surface area contributed by atoms with Gasteiger partial charge in [0, 0.05) is 33.4 Å². The Kier molecular flexibility index (Phi) is 4.88. The van der Waals surface area contributed by atoms with Gasteiger partial charge < -0.3 is 4.90 Å². The maximum absolute atomic E-state index is 11.1. The van der Waals surface area contributed by atoms with Gasteiger partial charge >= 0.3 is 0 Å². The number of halogens is 1. The van der Waals surface area contributed by atoms with Crippen molar-refractivity contribution in [1.29, 1.82) is 0 Å². The van der Waals surface area contributed by atoms with Crippen LogP contribution in [0.15, 0.2) is 108 Å². The standard InChI is InChI=1S/C26H17BrN2O2/c27-25-10-4-8-21-22-9-5-11-26(24(22)17-16-23(21)25)28(18-6-2-1-3-7-18)19-12-14-20(15-13-19)29(30)31/h1-17H. The van der Waals surface area contributed by atoms with E-state index in [9.17, 15) is 10.1 Å². The smallest absolute Gasteiger partial charge is 0.269 e. The van der Waals surface area contributed by atoms with Gasteiger partial charge in [-0.25, -0.2) is 0 Å². The Bertz CT molecular complexity index is 1420. The molecule has 0 atom stereocenters. The summed E-state index contributed by atoms with van der Waals surface area (Å²) in [5, 5.41) is 15.7. The zero-order valence-electron chi connectivity index (χ0n) is 16.4. The summed E-state index contributed by atoms with van der Waals surface area (Å²) in [5.74, 6) is 0. The van der Waals surface area contributed by atoms with E-state index in [2.05, 4.69) is 57.2 Å². The summed E-state index contributed by atoms with van der Waals surface area (Å²) in [6.45, 7) is 0. The van der Waals surface area contributed by atoms with Crippen molar-refractivity contribution in [3.05, 3.63) is 118 Å². The van der Waals surface area contributed by atoms with Crippen LogP contribution in [0.4, 0.5) is 22.7 Å². The van der Waals surface area contributed by atoms with Crippen LogP contribution in [-0.4, -0.2) is 4.92 Å². The highest BCUT2D eigenvalue weighted by Crippen LogP contribution is 2.41. The van der Waals surface area contributed by atoms with Crippen LogP contribution >= 0.6 is 15.9 Å². The molecule has 0 spiro atoms. The minimum absolute atomic E-state index is 0.0746. The van der Waals surface area contributed by atoms with Crippen molar-refractivity contribution in [2.24, 2.45) is 0 Å². The number of hydrogen-bond acceptors (Lipinski definition) is 3. The van der Waals surface area contributed by atoms with Gasteiger partial charge in [-0.05, 0) is 52.6 Å². The molecule has 0 saturated carbocycles. The molecule has 5 aromatic carbocycles. The second kappa shape index (κ2) is 7.85. The molecule has 5 aromatic rings. The van der Waals surface area contributed by atoms with Gasteiger partial charge in [-0.2, -0.15) is 0 Å². The summed E-state index contributed by atoms with van der Waals surface area (Å²) in [6, 6.07) is 33.5. The van der Waals surface area contributed by atoms with Crippen molar-refractivity contribution < 1.29 is 4.92 Å². The number of hydrogen-bond donors (Lipinski definition) is 0. The lowest BCUT2D eigenvalue weighted by molar-refractivity contribution is -0.384. The maximum atomic E-state index is 11.1. The van der Waals surface area contributed by atoms with Crippen LogP contribution in [0, 0.1) is 10.1 Å². The number of benzene rings is 5. The summed E-state index contributed by atoms with van der Waals surface area (Å²) in [5.41, 5.74) is 2.93. The molecule has 0 aromatic heterocycles. The Morgan fingerprint density at radius 3 is 1.94 bits per heavy atom. The van der Waals surface area contributed by atoms with E-state index in [4.69, 9.17) is 0 Å². The van der Waals surface area contributed by atoms with Crippen molar-refractivity contribution in [2.45, 2.75) is 0 Å². The van der Waals surface area contributed by atoms with E-state index < -0.39 is 0 Å². The van der Waals surface area contributed by atoms with Crippen molar-refractivity contribution in [3.8, 4) is 0 Å². The molecule has 0 aliphatic heterocycles. The maximum Gasteiger partial charge on any atom is 0.269 e. The number of nitro benzene ring substituents is 1. The third kappa shape index (κ3) is 3.43. The minimum Gasteiger partial charge on any atom is -0.310 e. The molecule has 0 fully saturated rings. The summed E-state index contributed by atoms with van der Waals surface area (Å²) >= 11 is 3.66. The fourth-order valence-corrected chi connectivity index (χ4v) is 4.49. The molecule has 5 rings (SSSR count). The first-order valence-electron chi connectivity index (χ1n) is 9.83. The van der Waals surface area contributed by atoms with Gasteiger partial charge in [0.25, 0.3) is 5.69 Å². The van der Waals surface area contributed by atoms with Crippen LogP contribution in [0.5, 0.6) is 0 Å². The second-order valence-electron chi connectivity index (χ2n) is 7.22. The number of anilines is 3. The lowest BCUT2D eigenvalue weighted by Crippen LogP contribution is -2.10. The molecule has 0 saturated heterocycles. The normalized spacial score (nSPS) is 11.0. The van der Waals surface area contributed by atoms with E-state index in [1.807, 2.05) is 42.5 Å². The molecule has 0 aliphatic carbocycles. The molecule has 0 amide bonds. The molecule has 31 heavy (non-hydrogen) atoms. The van der Waals surface area contributed by atoms with Gasteiger partial charge in [-0.15, -0.1) is 0 Å². The number of fused-ring (bicyclic) bond motifs is 3.